The van der Waals surface area contributed by atoms with Gasteiger partial charge in [-0.05, 0) is 24.8 Å². The van der Waals surface area contributed by atoms with E-state index in [0.717, 1.165) is 18.7 Å². The van der Waals surface area contributed by atoms with Gasteiger partial charge in [0.05, 0.1) is 5.92 Å². The largest absolute Gasteiger partial charge is 0.481 e. The highest BCUT2D eigenvalue weighted by Gasteiger charge is 2.21. The lowest BCUT2D eigenvalue weighted by Crippen LogP contribution is -2.39. The molecule has 1 amide bonds. The van der Waals surface area contributed by atoms with Crippen LogP contribution in [0.15, 0.2) is 11.1 Å². The predicted octanol–water partition coefficient (Wildman–Crippen LogP) is 0.769. The van der Waals surface area contributed by atoms with Crippen LogP contribution in [0.25, 0.3) is 0 Å². The summed E-state index contributed by atoms with van der Waals surface area (Å²) in [6.07, 6.45) is 0.576. The lowest BCUT2D eigenvalue weighted by molar-refractivity contribution is -0.142. The summed E-state index contributed by atoms with van der Waals surface area (Å²) in [6.45, 7) is 7.45. The summed E-state index contributed by atoms with van der Waals surface area (Å²) in [5, 5.41) is 14.9. The summed E-state index contributed by atoms with van der Waals surface area (Å²) in [7, 11) is 0. The molecule has 0 spiro atoms. The first-order valence-corrected chi connectivity index (χ1v) is 6.32. The van der Waals surface area contributed by atoms with Crippen molar-refractivity contribution in [3.05, 3.63) is 11.1 Å². The minimum Gasteiger partial charge on any atom is -0.481 e. The maximum absolute atomic E-state index is 11.8. The number of carboxylic acid groups (broad SMARTS) is 1. The number of amides is 1. The Hall–Kier alpha value is -1.36. The van der Waals surface area contributed by atoms with Crippen LogP contribution in [0.2, 0.25) is 0 Å². The summed E-state index contributed by atoms with van der Waals surface area (Å²) >= 11 is 0. The van der Waals surface area contributed by atoms with Crippen LogP contribution in [0.3, 0.4) is 0 Å². The fourth-order valence-electron chi connectivity index (χ4n) is 1.86. The van der Waals surface area contributed by atoms with Crippen LogP contribution < -0.4 is 10.6 Å². The Morgan fingerprint density at radius 1 is 1.39 bits per heavy atom. The number of aliphatic carboxylic acids is 1. The van der Waals surface area contributed by atoms with Gasteiger partial charge >= 0.3 is 5.97 Å². The van der Waals surface area contributed by atoms with Gasteiger partial charge in [-0.15, -0.1) is 0 Å². The molecule has 1 atom stereocenters. The SMILES string of the molecule is CC(C(=O)NCC(CC(C)C)C(=O)O)=C1CNC1. The lowest BCUT2D eigenvalue weighted by atomic mass is 9.97. The van der Waals surface area contributed by atoms with Gasteiger partial charge in [0.25, 0.3) is 0 Å². The molecular formula is C13H22N2O3. The van der Waals surface area contributed by atoms with E-state index in [1.54, 1.807) is 6.92 Å². The van der Waals surface area contributed by atoms with Crippen molar-refractivity contribution in [2.75, 3.05) is 19.6 Å². The third-order valence-electron chi connectivity index (χ3n) is 3.16. The standard InChI is InChI=1S/C13H22N2O3/c1-8(2)4-10(13(17)18)7-15-12(16)9(3)11-5-14-6-11/h8,10,14H,4-7H2,1-3H3,(H,15,16)(H,17,18). The first kappa shape index (κ1) is 14.7. The zero-order valence-corrected chi connectivity index (χ0v) is 11.2. The smallest absolute Gasteiger partial charge is 0.308 e. The highest BCUT2D eigenvalue weighted by molar-refractivity contribution is 5.94. The molecule has 0 bridgehead atoms. The van der Waals surface area contributed by atoms with E-state index < -0.39 is 11.9 Å². The Bertz CT molecular complexity index is 355. The summed E-state index contributed by atoms with van der Waals surface area (Å²) < 4.78 is 0. The molecule has 1 aliphatic rings. The van der Waals surface area contributed by atoms with Gasteiger partial charge in [0, 0.05) is 25.2 Å². The normalized spacial score (nSPS) is 16.1. The van der Waals surface area contributed by atoms with Crippen LogP contribution in [0.5, 0.6) is 0 Å². The zero-order valence-electron chi connectivity index (χ0n) is 11.2. The Kier molecular flexibility index (Phi) is 5.34. The van der Waals surface area contributed by atoms with Crippen LogP contribution in [0.4, 0.5) is 0 Å². The molecule has 0 aromatic heterocycles. The summed E-state index contributed by atoms with van der Waals surface area (Å²) in [5.74, 6) is -1.20. The zero-order chi connectivity index (χ0) is 13.7. The Morgan fingerprint density at radius 3 is 2.39 bits per heavy atom. The van der Waals surface area contributed by atoms with Crippen molar-refractivity contribution in [1.82, 2.24) is 10.6 Å². The molecule has 1 unspecified atom stereocenters. The maximum atomic E-state index is 11.8. The number of hydrogen-bond acceptors (Lipinski definition) is 3. The van der Waals surface area contributed by atoms with Crippen LogP contribution in [-0.2, 0) is 9.59 Å². The minimum atomic E-state index is -0.848. The molecule has 0 aromatic rings. The van der Waals surface area contributed by atoms with E-state index in [4.69, 9.17) is 5.11 Å². The van der Waals surface area contributed by atoms with Gasteiger partial charge in [0.15, 0.2) is 0 Å². The molecule has 1 aliphatic heterocycles. The second-order valence-electron chi connectivity index (χ2n) is 5.21. The quantitative estimate of drug-likeness (QED) is 0.612. The van der Waals surface area contributed by atoms with E-state index in [-0.39, 0.29) is 12.5 Å². The highest BCUT2D eigenvalue weighted by atomic mass is 16.4. The predicted molar refractivity (Wildman–Crippen MR) is 69.2 cm³/mol. The number of carbonyl (C=O) groups is 2. The van der Waals surface area contributed by atoms with E-state index in [1.807, 2.05) is 13.8 Å². The molecule has 0 saturated carbocycles. The van der Waals surface area contributed by atoms with Gasteiger partial charge in [-0.2, -0.15) is 0 Å². The number of rotatable bonds is 6. The van der Waals surface area contributed by atoms with Crippen LogP contribution >= 0.6 is 0 Å². The second kappa shape index (κ2) is 6.54. The molecule has 18 heavy (non-hydrogen) atoms. The third kappa shape index (κ3) is 4.14. The van der Waals surface area contributed by atoms with E-state index >= 15 is 0 Å². The van der Waals surface area contributed by atoms with Crippen molar-refractivity contribution >= 4 is 11.9 Å². The fraction of sp³-hybridized carbons (Fsp3) is 0.692. The Balaban J connectivity index is 2.46. The number of carbonyl (C=O) groups excluding carboxylic acids is 1. The average Bonchev–Trinajstić information content (AvgIpc) is 2.20. The molecule has 5 heteroatoms. The minimum absolute atomic E-state index is 0.151. The second-order valence-corrected chi connectivity index (χ2v) is 5.21. The molecule has 1 heterocycles. The van der Waals surface area contributed by atoms with Crippen molar-refractivity contribution < 1.29 is 14.7 Å². The van der Waals surface area contributed by atoms with E-state index in [9.17, 15) is 9.59 Å². The van der Waals surface area contributed by atoms with Gasteiger partial charge in [0.2, 0.25) is 5.91 Å². The Morgan fingerprint density at radius 2 is 2.00 bits per heavy atom. The molecule has 1 rings (SSSR count). The molecule has 1 saturated heterocycles. The maximum Gasteiger partial charge on any atom is 0.308 e. The lowest BCUT2D eigenvalue weighted by Gasteiger charge is -2.22. The van der Waals surface area contributed by atoms with Crippen molar-refractivity contribution in [2.45, 2.75) is 27.2 Å². The van der Waals surface area contributed by atoms with Gasteiger partial charge in [-0.1, -0.05) is 13.8 Å². The highest BCUT2D eigenvalue weighted by Crippen LogP contribution is 2.12. The van der Waals surface area contributed by atoms with Crippen LogP contribution in [0, 0.1) is 11.8 Å². The number of hydrogen-bond donors (Lipinski definition) is 3. The van der Waals surface area contributed by atoms with E-state index in [0.29, 0.717) is 17.9 Å². The Labute approximate surface area is 108 Å². The average molecular weight is 254 g/mol. The van der Waals surface area contributed by atoms with Gasteiger partial charge in [0.1, 0.15) is 0 Å². The molecular weight excluding hydrogens is 232 g/mol. The number of carboxylic acids is 1. The van der Waals surface area contributed by atoms with Gasteiger partial charge < -0.3 is 15.7 Å². The van der Waals surface area contributed by atoms with Gasteiger partial charge in [-0.3, -0.25) is 9.59 Å². The molecule has 3 N–H and O–H groups in total. The summed E-state index contributed by atoms with van der Waals surface area (Å²) in [5.41, 5.74) is 1.81. The van der Waals surface area contributed by atoms with Crippen molar-refractivity contribution in [3.8, 4) is 0 Å². The molecule has 5 nitrogen and oxygen atoms in total. The van der Waals surface area contributed by atoms with Crippen molar-refractivity contribution in [2.24, 2.45) is 11.8 Å². The van der Waals surface area contributed by atoms with Crippen LogP contribution in [-0.4, -0.2) is 36.6 Å². The van der Waals surface area contributed by atoms with Gasteiger partial charge in [-0.25, -0.2) is 0 Å². The summed E-state index contributed by atoms with van der Waals surface area (Å²) in [4.78, 5) is 22.8. The number of nitrogens with one attached hydrogen (secondary N) is 2. The topological polar surface area (TPSA) is 78.4 Å². The monoisotopic (exact) mass is 254 g/mol. The van der Waals surface area contributed by atoms with Crippen molar-refractivity contribution in [3.63, 3.8) is 0 Å². The molecule has 102 valence electrons. The molecule has 0 aromatic carbocycles. The fourth-order valence-corrected chi connectivity index (χ4v) is 1.86. The summed E-state index contributed by atoms with van der Waals surface area (Å²) in [6, 6.07) is 0. The van der Waals surface area contributed by atoms with Crippen LogP contribution in [0.1, 0.15) is 27.2 Å². The first-order chi connectivity index (χ1) is 8.41. The molecule has 1 fully saturated rings. The van der Waals surface area contributed by atoms with E-state index in [1.165, 1.54) is 0 Å². The third-order valence-corrected chi connectivity index (χ3v) is 3.16. The van der Waals surface area contributed by atoms with E-state index in [2.05, 4.69) is 10.6 Å². The first-order valence-electron chi connectivity index (χ1n) is 6.32. The van der Waals surface area contributed by atoms with Crippen molar-refractivity contribution in [1.29, 1.82) is 0 Å². The molecule has 0 aliphatic carbocycles. The molecule has 0 radical (unpaired) electrons.